The number of hydroxylamine groups is 2. The Morgan fingerprint density at radius 3 is 2.53 bits per heavy atom. The Bertz CT molecular complexity index is 606. The Morgan fingerprint density at radius 1 is 1.32 bits per heavy atom. The van der Waals surface area contributed by atoms with Gasteiger partial charge in [-0.3, -0.25) is 10.0 Å². The van der Waals surface area contributed by atoms with Crippen LogP contribution in [0.4, 0.5) is 0 Å². The number of hydrogen-bond donors (Lipinski definition) is 2. The summed E-state index contributed by atoms with van der Waals surface area (Å²) in [6.07, 6.45) is 1.72. The molecule has 2 aromatic rings. The van der Waals surface area contributed by atoms with Crippen LogP contribution in [0.1, 0.15) is 12.5 Å². The Morgan fingerprint density at radius 2 is 1.95 bits per heavy atom. The number of nitrogens with one attached hydrogen (secondary N) is 1. The molecule has 1 aromatic heterocycles. The van der Waals surface area contributed by atoms with Crippen molar-refractivity contribution in [2.75, 3.05) is 14.2 Å². The van der Waals surface area contributed by atoms with Crippen LogP contribution in [0.3, 0.4) is 0 Å². The van der Waals surface area contributed by atoms with Crippen LogP contribution >= 0.6 is 0 Å². The minimum Gasteiger partial charge on any atom is -0.496 e. The first-order chi connectivity index (χ1) is 9.08. The summed E-state index contributed by atoms with van der Waals surface area (Å²) in [5.41, 5.74) is 1.53. The van der Waals surface area contributed by atoms with E-state index in [-0.39, 0.29) is 6.54 Å². The summed E-state index contributed by atoms with van der Waals surface area (Å²) < 4.78 is 10.6. The van der Waals surface area contributed by atoms with Gasteiger partial charge in [-0.15, -0.1) is 0 Å². The van der Waals surface area contributed by atoms with Crippen molar-refractivity contribution < 1.29 is 19.5 Å². The van der Waals surface area contributed by atoms with E-state index in [0.717, 1.165) is 16.5 Å². The van der Waals surface area contributed by atoms with E-state index in [0.29, 0.717) is 16.6 Å². The lowest BCUT2D eigenvalue weighted by molar-refractivity contribution is -0.165. The van der Waals surface area contributed by atoms with E-state index in [1.165, 1.54) is 6.92 Å². The van der Waals surface area contributed by atoms with Crippen LogP contribution in [-0.4, -0.2) is 35.4 Å². The number of methoxy groups -OCH3 is 2. The highest BCUT2D eigenvalue weighted by molar-refractivity contribution is 5.94. The topological polar surface area (TPSA) is 74.8 Å². The second-order valence-corrected chi connectivity index (χ2v) is 4.11. The molecule has 6 nitrogen and oxygen atoms in total. The van der Waals surface area contributed by atoms with Crippen molar-refractivity contribution in [3.05, 3.63) is 23.9 Å². The number of H-pyrrole nitrogens is 1. The van der Waals surface area contributed by atoms with E-state index in [9.17, 15) is 10.0 Å². The highest BCUT2D eigenvalue weighted by Crippen LogP contribution is 2.35. The largest absolute Gasteiger partial charge is 0.496 e. The van der Waals surface area contributed by atoms with Gasteiger partial charge in [0, 0.05) is 18.7 Å². The summed E-state index contributed by atoms with van der Waals surface area (Å²) in [5.74, 6) is 0.912. The van der Waals surface area contributed by atoms with E-state index in [1.54, 1.807) is 32.5 Å². The van der Waals surface area contributed by atoms with Crippen molar-refractivity contribution in [2.45, 2.75) is 13.5 Å². The maximum atomic E-state index is 11.1. The molecule has 0 radical (unpaired) electrons. The predicted molar refractivity (Wildman–Crippen MR) is 69.4 cm³/mol. The average Bonchev–Trinajstić information content (AvgIpc) is 2.81. The molecule has 6 heteroatoms. The van der Waals surface area contributed by atoms with Crippen molar-refractivity contribution in [1.29, 1.82) is 0 Å². The number of benzene rings is 1. The molecule has 0 unspecified atom stereocenters. The van der Waals surface area contributed by atoms with E-state index >= 15 is 0 Å². The molecule has 0 aliphatic heterocycles. The molecule has 0 fully saturated rings. The zero-order chi connectivity index (χ0) is 14.0. The van der Waals surface area contributed by atoms with Crippen molar-refractivity contribution in [3.63, 3.8) is 0 Å². The quantitative estimate of drug-likeness (QED) is 0.653. The van der Waals surface area contributed by atoms with Gasteiger partial charge in [0.25, 0.3) is 0 Å². The third-order valence-electron chi connectivity index (χ3n) is 2.96. The average molecular weight is 264 g/mol. The number of fused-ring (bicyclic) bond motifs is 1. The monoisotopic (exact) mass is 264 g/mol. The molecular weight excluding hydrogens is 248 g/mol. The molecule has 0 aliphatic carbocycles. The van der Waals surface area contributed by atoms with Gasteiger partial charge in [-0.2, -0.15) is 0 Å². The predicted octanol–water partition coefficient (Wildman–Crippen LogP) is 1.92. The van der Waals surface area contributed by atoms with E-state index in [1.807, 2.05) is 0 Å². The van der Waals surface area contributed by atoms with Gasteiger partial charge in [0.15, 0.2) is 0 Å². The molecule has 19 heavy (non-hydrogen) atoms. The fraction of sp³-hybridized carbons (Fsp3) is 0.308. The molecule has 1 aromatic carbocycles. The first-order valence-corrected chi connectivity index (χ1v) is 5.76. The standard InChI is InChI=1S/C13H16N2O4/c1-8(16)15(17)7-9-6-14-13-11(19-3)5-4-10(18-2)12(9)13/h4-6,14,17H,7H2,1-3H3. The van der Waals surface area contributed by atoms with Gasteiger partial charge in [0.1, 0.15) is 11.5 Å². The molecule has 1 amide bonds. The van der Waals surface area contributed by atoms with Gasteiger partial charge >= 0.3 is 0 Å². The Balaban J connectivity index is 2.53. The third kappa shape index (κ3) is 2.34. The first-order valence-electron chi connectivity index (χ1n) is 5.76. The Labute approximate surface area is 110 Å². The van der Waals surface area contributed by atoms with Crippen LogP contribution in [0.5, 0.6) is 11.5 Å². The molecule has 102 valence electrons. The molecular formula is C13H16N2O4. The summed E-state index contributed by atoms with van der Waals surface area (Å²) in [4.78, 5) is 14.2. The van der Waals surface area contributed by atoms with Crippen molar-refractivity contribution in [3.8, 4) is 11.5 Å². The summed E-state index contributed by atoms with van der Waals surface area (Å²) >= 11 is 0. The van der Waals surface area contributed by atoms with Gasteiger partial charge in [-0.05, 0) is 12.1 Å². The van der Waals surface area contributed by atoms with Gasteiger partial charge in [-0.1, -0.05) is 0 Å². The highest BCUT2D eigenvalue weighted by Gasteiger charge is 2.16. The summed E-state index contributed by atoms with van der Waals surface area (Å²) in [5, 5.41) is 11.0. The molecule has 0 spiro atoms. The minimum atomic E-state index is -0.420. The number of carbonyl (C=O) groups is 1. The van der Waals surface area contributed by atoms with E-state index in [2.05, 4.69) is 4.98 Å². The second kappa shape index (κ2) is 5.19. The smallest absolute Gasteiger partial charge is 0.243 e. The molecule has 0 saturated heterocycles. The number of nitrogens with zero attached hydrogens (tertiary/aromatic N) is 1. The summed E-state index contributed by atoms with van der Waals surface area (Å²) in [6.45, 7) is 1.38. The van der Waals surface area contributed by atoms with Gasteiger partial charge in [0.05, 0.1) is 31.7 Å². The van der Waals surface area contributed by atoms with Crippen molar-refractivity contribution in [2.24, 2.45) is 0 Å². The Hall–Kier alpha value is -2.21. The fourth-order valence-electron chi connectivity index (χ4n) is 2.00. The lowest BCUT2D eigenvalue weighted by Crippen LogP contribution is -2.23. The van der Waals surface area contributed by atoms with Gasteiger partial charge < -0.3 is 14.5 Å². The van der Waals surface area contributed by atoms with Crippen LogP contribution in [0.2, 0.25) is 0 Å². The minimum absolute atomic E-state index is 0.0822. The maximum Gasteiger partial charge on any atom is 0.243 e. The number of aromatic nitrogens is 1. The summed E-state index contributed by atoms with van der Waals surface area (Å²) in [6, 6.07) is 3.58. The molecule has 1 heterocycles. The van der Waals surface area contributed by atoms with Crippen LogP contribution in [0, 0.1) is 0 Å². The van der Waals surface area contributed by atoms with Gasteiger partial charge in [0.2, 0.25) is 5.91 Å². The lowest BCUT2D eigenvalue weighted by Gasteiger charge is -2.13. The van der Waals surface area contributed by atoms with Crippen molar-refractivity contribution in [1.82, 2.24) is 10.0 Å². The van der Waals surface area contributed by atoms with Crippen LogP contribution in [0.25, 0.3) is 10.9 Å². The maximum absolute atomic E-state index is 11.1. The number of aromatic amines is 1. The molecule has 2 rings (SSSR count). The lowest BCUT2D eigenvalue weighted by atomic mass is 10.1. The molecule has 0 atom stereocenters. The van der Waals surface area contributed by atoms with Crippen molar-refractivity contribution >= 4 is 16.8 Å². The number of amides is 1. The van der Waals surface area contributed by atoms with E-state index in [4.69, 9.17) is 9.47 Å². The van der Waals surface area contributed by atoms with Gasteiger partial charge in [-0.25, -0.2) is 5.06 Å². The number of carbonyl (C=O) groups excluding carboxylic acids is 1. The molecule has 2 N–H and O–H groups in total. The number of ether oxygens (including phenoxy) is 2. The van der Waals surface area contributed by atoms with Crippen LogP contribution in [0.15, 0.2) is 18.3 Å². The van der Waals surface area contributed by atoms with Crippen LogP contribution < -0.4 is 9.47 Å². The normalized spacial score (nSPS) is 10.5. The summed E-state index contributed by atoms with van der Waals surface area (Å²) in [7, 11) is 3.15. The molecule has 0 bridgehead atoms. The second-order valence-electron chi connectivity index (χ2n) is 4.11. The zero-order valence-corrected chi connectivity index (χ0v) is 11.1. The number of hydrogen-bond acceptors (Lipinski definition) is 4. The number of rotatable bonds is 4. The first kappa shape index (κ1) is 13.2. The van der Waals surface area contributed by atoms with E-state index < -0.39 is 5.91 Å². The molecule has 0 aliphatic rings. The fourth-order valence-corrected chi connectivity index (χ4v) is 2.00. The SMILES string of the molecule is COc1ccc(OC)c2c(CN(O)C(C)=O)c[nH]c12. The third-order valence-corrected chi connectivity index (χ3v) is 2.96. The highest BCUT2D eigenvalue weighted by atomic mass is 16.5. The Kier molecular flexibility index (Phi) is 3.62. The zero-order valence-electron chi connectivity index (χ0n) is 11.1. The molecule has 0 saturated carbocycles. The van der Waals surface area contributed by atoms with Crippen LogP contribution in [-0.2, 0) is 11.3 Å².